The van der Waals surface area contributed by atoms with Crippen molar-refractivity contribution in [2.45, 2.75) is 221 Å². The van der Waals surface area contributed by atoms with E-state index in [0.717, 1.165) is 84.1 Å². The molecule has 52 heavy (non-hydrogen) atoms. The van der Waals surface area contributed by atoms with E-state index in [4.69, 9.17) is 19.5 Å². The topological polar surface area (TPSA) is 88.5 Å². The lowest BCUT2D eigenvalue weighted by atomic mass is 9.58. The Morgan fingerprint density at radius 1 is 0.615 bits per heavy atom. The van der Waals surface area contributed by atoms with Crippen molar-refractivity contribution in [2.24, 2.45) is 22.7 Å². The maximum absolute atomic E-state index is 14.6. The quantitative estimate of drug-likeness (QED) is 0.0659. The number of carboxylic acids is 1. The molecule has 2 aliphatic heterocycles. The van der Waals surface area contributed by atoms with Gasteiger partial charge in [0, 0.05) is 42.4 Å². The molecule has 2 heterocycles. The lowest BCUT2D eigenvalue weighted by Gasteiger charge is -2.58. The van der Waals surface area contributed by atoms with E-state index in [1.54, 1.807) is 0 Å². The van der Waals surface area contributed by atoms with Crippen LogP contribution < -0.4 is 0 Å². The number of carbonyl (C=O) groups excluding carboxylic acids is 1. The molecule has 2 rings (SSSR count). The van der Waals surface area contributed by atoms with Crippen LogP contribution in [0, 0.1) is 22.7 Å². The number of hydroxylamine groups is 4. The van der Waals surface area contributed by atoms with Crippen molar-refractivity contribution >= 4 is 11.9 Å². The monoisotopic (exact) mass is 737 g/mol. The van der Waals surface area contributed by atoms with Gasteiger partial charge in [0.25, 0.3) is 0 Å². The first-order chi connectivity index (χ1) is 24.6. The molecule has 0 saturated carbocycles. The highest BCUT2D eigenvalue weighted by Gasteiger charge is 2.56. The van der Waals surface area contributed by atoms with Crippen molar-refractivity contribution in [1.29, 1.82) is 0 Å². The Morgan fingerprint density at radius 3 is 1.58 bits per heavy atom. The number of unbranched alkanes of at least 4 members (excludes halogenated alkanes) is 14. The molecule has 2 saturated heterocycles. The minimum Gasteiger partial charge on any atom is -0.481 e. The summed E-state index contributed by atoms with van der Waals surface area (Å²) in [5.41, 5.74) is -1.06. The first-order valence-electron chi connectivity index (χ1n) is 21.8. The van der Waals surface area contributed by atoms with Gasteiger partial charge in [-0.3, -0.25) is 19.3 Å². The molecular weight excluding hydrogens is 652 g/mol. The Hall–Kier alpha value is -1.22. The van der Waals surface area contributed by atoms with Crippen LogP contribution in [0.4, 0.5) is 0 Å². The number of ether oxygens (including phenoxy) is 1. The maximum atomic E-state index is 14.6. The fourth-order valence-electron chi connectivity index (χ4n) is 8.62. The minimum absolute atomic E-state index is 0.0449. The molecular formula is C44H84N2O6. The van der Waals surface area contributed by atoms with E-state index >= 15 is 0 Å². The Morgan fingerprint density at radius 2 is 1.06 bits per heavy atom. The molecule has 0 spiro atoms. The molecule has 306 valence electrons. The summed E-state index contributed by atoms with van der Waals surface area (Å²) in [6, 6.07) is 0. The fourth-order valence-corrected chi connectivity index (χ4v) is 8.62. The number of piperidine rings is 2. The Labute approximate surface area is 320 Å². The third-order valence-corrected chi connectivity index (χ3v) is 13.8. The van der Waals surface area contributed by atoms with Crippen LogP contribution in [-0.4, -0.2) is 70.7 Å². The molecule has 0 radical (unpaired) electrons. The molecule has 8 nitrogen and oxygen atoms in total. The molecule has 3 unspecified atom stereocenters. The second-order valence-electron chi connectivity index (χ2n) is 18.4. The molecule has 0 aromatic heterocycles. The first-order valence-corrected chi connectivity index (χ1v) is 21.8. The van der Waals surface area contributed by atoms with Gasteiger partial charge in [0.05, 0.1) is 19.1 Å². The zero-order valence-corrected chi connectivity index (χ0v) is 35.8. The van der Waals surface area contributed by atoms with E-state index < -0.39 is 5.97 Å². The van der Waals surface area contributed by atoms with Crippen LogP contribution in [0.3, 0.4) is 0 Å². The molecule has 2 fully saturated rings. The van der Waals surface area contributed by atoms with E-state index in [2.05, 4.69) is 79.4 Å². The predicted molar refractivity (Wildman–Crippen MR) is 214 cm³/mol. The molecule has 2 aliphatic rings. The van der Waals surface area contributed by atoms with Gasteiger partial charge in [-0.15, -0.1) is 0 Å². The lowest BCUT2D eigenvalue weighted by molar-refractivity contribution is -0.284. The highest BCUT2D eigenvalue weighted by atomic mass is 16.7. The van der Waals surface area contributed by atoms with Crippen LogP contribution in [-0.2, 0) is 24.0 Å². The fraction of sp³-hybridized carbons (Fsp3) is 0.955. The summed E-state index contributed by atoms with van der Waals surface area (Å²) < 4.78 is 6.69. The first kappa shape index (κ1) is 46.9. The average molecular weight is 737 g/mol. The van der Waals surface area contributed by atoms with E-state index in [1.165, 1.54) is 64.2 Å². The average Bonchev–Trinajstić information content (AvgIpc) is 3.07. The van der Waals surface area contributed by atoms with Crippen LogP contribution in [0.1, 0.15) is 204 Å². The summed E-state index contributed by atoms with van der Waals surface area (Å²) in [6.07, 6.45) is 21.9. The molecule has 0 amide bonds. The Kier molecular flexibility index (Phi) is 20.7. The van der Waals surface area contributed by atoms with Crippen LogP contribution >= 0.6 is 0 Å². The van der Waals surface area contributed by atoms with Gasteiger partial charge in [0.1, 0.15) is 6.10 Å². The number of nitrogens with zero attached hydrogens (tertiary/aromatic N) is 2. The normalized spacial score (nSPS) is 23.3. The standard InChI is InChI=1S/C44H84N2O6/c1-11-13-15-17-22-26-34-50-45-32-30-37(41(3,4)43(45,7)8)36(28-24-20-19-21-25-29-39(47)48)40(49)52-38-31-33-46(44(9,10)42(38,5)6)51-35-27-23-18-16-14-12-2/h36-38H,11-35H2,1-10H3,(H,47,48). The van der Waals surface area contributed by atoms with Crippen LogP contribution in [0.15, 0.2) is 0 Å². The van der Waals surface area contributed by atoms with Gasteiger partial charge in [-0.25, -0.2) is 0 Å². The summed E-state index contributed by atoms with van der Waals surface area (Å²) in [5.74, 6) is -0.810. The van der Waals surface area contributed by atoms with Crippen molar-refractivity contribution < 1.29 is 29.1 Å². The molecule has 0 aliphatic carbocycles. The molecule has 3 atom stereocenters. The molecule has 1 N–H and O–H groups in total. The lowest BCUT2D eigenvalue weighted by Crippen LogP contribution is -2.64. The summed E-state index contributed by atoms with van der Waals surface area (Å²) in [5, 5.41) is 13.4. The SMILES string of the molecule is CCCCCCCCON1CCC(OC(=O)C(CCCCCCCC(=O)O)C2CCN(OCCCCCCCC)C(C)(C)C2(C)C)C(C)(C)C1(C)C. The summed E-state index contributed by atoms with van der Waals surface area (Å²) >= 11 is 0. The predicted octanol–water partition coefficient (Wildman–Crippen LogP) is 11.6. The van der Waals surface area contributed by atoms with Crippen molar-refractivity contribution in [3.8, 4) is 0 Å². The molecule has 8 heteroatoms. The van der Waals surface area contributed by atoms with Gasteiger partial charge in [-0.1, -0.05) is 131 Å². The van der Waals surface area contributed by atoms with Crippen molar-refractivity contribution in [3.63, 3.8) is 0 Å². The third kappa shape index (κ3) is 13.5. The van der Waals surface area contributed by atoms with Gasteiger partial charge in [0.15, 0.2) is 0 Å². The molecule has 0 aromatic carbocycles. The van der Waals surface area contributed by atoms with E-state index in [0.29, 0.717) is 6.42 Å². The number of carbonyl (C=O) groups is 2. The zero-order valence-electron chi connectivity index (χ0n) is 35.8. The highest BCUT2D eigenvalue weighted by molar-refractivity contribution is 5.73. The summed E-state index contributed by atoms with van der Waals surface area (Å²) in [4.78, 5) is 38.4. The second kappa shape index (κ2) is 23.0. The highest BCUT2D eigenvalue weighted by Crippen LogP contribution is 2.52. The van der Waals surface area contributed by atoms with Crippen molar-refractivity contribution in [3.05, 3.63) is 0 Å². The summed E-state index contributed by atoms with van der Waals surface area (Å²) in [7, 11) is 0. The van der Waals surface area contributed by atoms with Crippen LogP contribution in [0.25, 0.3) is 0 Å². The van der Waals surface area contributed by atoms with Gasteiger partial charge in [-0.05, 0) is 71.1 Å². The number of esters is 1. The van der Waals surface area contributed by atoms with Crippen LogP contribution in [0.2, 0.25) is 0 Å². The molecule has 0 aromatic rings. The minimum atomic E-state index is -0.726. The smallest absolute Gasteiger partial charge is 0.309 e. The molecule has 0 bridgehead atoms. The second-order valence-corrected chi connectivity index (χ2v) is 18.4. The van der Waals surface area contributed by atoms with Crippen LogP contribution in [0.5, 0.6) is 0 Å². The third-order valence-electron chi connectivity index (χ3n) is 13.8. The maximum Gasteiger partial charge on any atom is 0.309 e. The number of hydrogen-bond donors (Lipinski definition) is 1. The van der Waals surface area contributed by atoms with Gasteiger partial charge in [0.2, 0.25) is 0 Å². The van der Waals surface area contributed by atoms with Crippen molar-refractivity contribution in [1.82, 2.24) is 10.1 Å². The van der Waals surface area contributed by atoms with E-state index in [1.807, 2.05) is 0 Å². The Balaban J connectivity index is 2.12. The van der Waals surface area contributed by atoms with Gasteiger partial charge < -0.3 is 9.84 Å². The van der Waals surface area contributed by atoms with Crippen molar-refractivity contribution in [2.75, 3.05) is 26.3 Å². The number of hydrogen-bond acceptors (Lipinski definition) is 7. The number of carboxylic acid groups (broad SMARTS) is 1. The zero-order chi connectivity index (χ0) is 38.8. The Bertz CT molecular complexity index is 1010. The van der Waals surface area contributed by atoms with E-state index in [-0.39, 0.29) is 52.2 Å². The van der Waals surface area contributed by atoms with Gasteiger partial charge in [-0.2, -0.15) is 10.1 Å². The number of rotatable bonds is 27. The van der Waals surface area contributed by atoms with Gasteiger partial charge >= 0.3 is 11.9 Å². The number of aliphatic carboxylic acids is 1. The summed E-state index contributed by atoms with van der Waals surface area (Å²) in [6.45, 7) is 25.7. The van der Waals surface area contributed by atoms with E-state index in [9.17, 15) is 9.59 Å². The largest absolute Gasteiger partial charge is 0.481 e.